The number of hydrogen-bond donors (Lipinski definition) is 0. The summed E-state index contributed by atoms with van der Waals surface area (Å²) in [5.74, 6) is 0.295. The molecule has 0 aliphatic rings. The quantitative estimate of drug-likeness (QED) is 0.346. The number of rotatable bonds is 11. The van der Waals surface area contributed by atoms with Crippen LogP contribution in [0.25, 0.3) is 0 Å². The number of benzene rings is 1. The first-order valence-corrected chi connectivity index (χ1v) is 8.48. The minimum absolute atomic E-state index is 0.0642. The van der Waals surface area contributed by atoms with Gasteiger partial charge in [0.15, 0.2) is 5.78 Å². The molecule has 0 saturated carbocycles. The monoisotopic (exact) mass is 320 g/mol. The van der Waals surface area contributed by atoms with Gasteiger partial charge >= 0.3 is 5.97 Å². The van der Waals surface area contributed by atoms with Gasteiger partial charge in [0.2, 0.25) is 0 Å². The van der Waals surface area contributed by atoms with E-state index < -0.39 is 0 Å². The van der Waals surface area contributed by atoms with Crippen LogP contribution >= 0.6 is 0 Å². The van der Waals surface area contributed by atoms with E-state index in [1.807, 2.05) is 0 Å². The van der Waals surface area contributed by atoms with Gasteiger partial charge in [-0.05, 0) is 19.4 Å². The number of carbonyl (C=O) groups excluding carboxylic acids is 2. The first-order chi connectivity index (χ1) is 11.1. The van der Waals surface area contributed by atoms with E-state index in [4.69, 9.17) is 9.47 Å². The van der Waals surface area contributed by atoms with Crippen LogP contribution < -0.4 is 4.74 Å². The molecule has 1 rings (SSSR count). The van der Waals surface area contributed by atoms with Crippen LogP contribution in [0.1, 0.15) is 68.3 Å². The van der Waals surface area contributed by atoms with Gasteiger partial charge in [0.1, 0.15) is 5.75 Å². The molecule has 1 aromatic rings. The highest BCUT2D eigenvalue weighted by Gasteiger charge is 2.18. The highest BCUT2D eigenvalue weighted by molar-refractivity contribution is 5.99. The van der Waals surface area contributed by atoms with Gasteiger partial charge in [0.05, 0.1) is 20.1 Å². The highest BCUT2D eigenvalue weighted by Crippen LogP contribution is 2.25. The summed E-state index contributed by atoms with van der Waals surface area (Å²) < 4.78 is 10.3. The lowest BCUT2D eigenvalue weighted by molar-refractivity contribution is -0.142. The Labute approximate surface area is 139 Å². The molecule has 0 fully saturated rings. The summed E-state index contributed by atoms with van der Waals surface area (Å²) in [4.78, 5) is 24.3. The molecule has 0 heterocycles. The van der Waals surface area contributed by atoms with Crippen molar-refractivity contribution in [1.29, 1.82) is 0 Å². The van der Waals surface area contributed by atoms with Crippen molar-refractivity contribution in [2.24, 2.45) is 0 Å². The van der Waals surface area contributed by atoms with Crippen molar-refractivity contribution in [3.8, 4) is 5.75 Å². The van der Waals surface area contributed by atoms with E-state index >= 15 is 0 Å². The third-order valence-corrected chi connectivity index (χ3v) is 3.79. The summed E-state index contributed by atoms with van der Waals surface area (Å²) in [6, 6.07) is 5.33. The number of ketones is 1. The Bertz CT molecular complexity index is 508. The first kappa shape index (κ1) is 19.2. The zero-order chi connectivity index (χ0) is 17.1. The topological polar surface area (TPSA) is 52.6 Å². The summed E-state index contributed by atoms with van der Waals surface area (Å²) in [6.07, 6.45) is 6.08. The maximum atomic E-state index is 12.5. The Morgan fingerprint density at radius 3 is 2.43 bits per heavy atom. The van der Waals surface area contributed by atoms with Crippen molar-refractivity contribution in [3.05, 3.63) is 29.3 Å². The second kappa shape index (κ2) is 10.8. The third kappa shape index (κ3) is 6.43. The summed E-state index contributed by atoms with van der Waals surface area (Å²) in [5.41, 5.74) is 1.21. The van der Waals surface area contributed by atoms with Crippen molar-refractivity contribution in [1.82, 2.24) is 0 Å². The standard InChI is InChI=1S/C19H28O4/c1-4-6-7-8-9-12-17(20)15-11-10-13-18(22-3)16(15)14-19(21)23-5-2/h10-11,13H,4-9,12,14H2,1-3H3. The maximum absolute atomic E-state index is 12.5. The largest absolute Gasteiger partial charge is 0.496 e. The van der Waals surface area contributed by atoms with E-state index in [2.05, 4.69) is 6.92 Å². The molecule has 0 spiro atoms. The van der Waals surface area contributed by atoms with E-state index in [-0.39, 0.29) is 18.2 Å². The average molecular weight is 320 g/mol. The molecule has 0 amide bonds. The molecule has 0 aromatic heterocycles. The second-order valence-electron chi connectivity index (χ2n) is 5.56. The summed E-state index contributed by atoms with van der Waals surface area (Å²) >= 11 is 0. The fourth-order valence-corrected chi connectivity index (χ4v) is 2.58. The van der Waals surface area contributed by atoms with Crippen LogP contribution in [-0.4, -0.2) is 25.5 Å². The predicted molar refractivity (Wildman–Crippen MR) is 91.0 cm³/mol. The molecule has 1 aromatic carbocycles. The van der Waals surface area contributed by atoms with E-state index in [0.29, 0.717) is 29.9 Å². The lowest BCUT2D eigenvalue weighted by atomic mass is 9.96. The number of unbranched alkanes of at least 4 members (excludes halogenated alkanes) is 4. The molecule has 0 aliphatic heterocycles. The van der Waals surface area contributed by atoms with E-state index in [0.717, 1.165) is 19.3 Å². The Hall–Kier alpha value is -1.84. The van der Waals surface area contributed by atoms with Crippen molar-refractivity contribution >= 4 is 11.8 Å². The zero-order valence-electron chi connectivity index (χ0n) is 14.5. The van der Waals surface area contributed by atoms with Crippen LogP contribution in [0.4, 0.5) is 0 Å². The predicted octanol–water partition coefficient (Wildman–Crippen LogP) is 4.34. The third-order valence-electron chi connectivity index (χ3n) is 3.79. The van der Waals surface area contributed by atoms with Gasteiger partial charge in [0, 0.05) is 17.5 Å². The molecule has 0 aliphatic carbocycles. The smallest absolute Gasteiger partial charge is 0.310 e. The van der Waals surface area contributed by atoms with Crippen molar-refractivity contribution < 1.29 is 19.1 Å². The average Bonchev–Trinajstić information content (AvgIpc) is 2.54. The molecule has 0 bridgehead atoms. The molecule has 0 atom stereocenters. The SMILES string of the molecule is CCCCCCCC(=O)c1cccc(OC)c1CC(=O)OCC. The molecule has 0 N–H and O–H groups in total. The molecule has 0 radical (unpaired) electrons. The molecule has 128 valence electrons. The van der Waals surface area contributed by atoms with Crippen LogP contribution in [0.2, 0.25) is 0 Å². The van der Waals surface area contributed by atoms with Crippen LogP contribution in [0, 0.1) is 0 Å². The zero-order valence-corrected chi connectivity index (χ0v) is 14.5. The highest BCUT2D eigenvalue weighted by atomic mass is 16.5. The first-order valence-electron chi connectivity index (χ1n) is 8.48. The summed E-state index contributed by atoms with van der Waals surface area (Å²) in [5, 5.41) is 0. The maximum Gasteiger partial charge on any atom is 0.310 e. The molecule has 23 heavy (non-hydrogen) atoms. The van der Waals surface area contributed by atoms with Gasteiger partial charge in [-0.1, -0.05) is 44.7 Å². The van der Waals surface area contributed by atoms with Gasteiger partial charge in [-0.2, -0.15) is 0 Å². The Morgan fingerprint density at radius 1 is 1.04 bits per heavy atom. The van der Waals surface area contributed by atoms with E-state index in [9.17, 15) is 9.59 Å². The number of methoxy groups -OCH3 is 1. The van der Waals surface area contributed by atoms with Crippen LogP contribution in [-0.2, 0) is 16.0 Å². The van der Waals surface area contributed by atoms with E-state index in [1.54, 1.807) is 32.2 Å². The van der Waals surface area contributed by atoms with Crippen LogP contribution in [0.15, 0.2) is 18.2 Å². The normalized spacial score (nSPS) is 10.4. The Kier molecular flexibility index (Phi) is 9.03. The van der Waals surface area contributed by atoms with Gasteiger partial charge < -0.3 is 9.47 Å². The molecular weight excluding hydrogens is 292 g/mol. The van der Waals surface area contributed by atoms with Crippen LogP contribution in [0.3, 0.4) is 0 Å². The number of esters is 1. The number of hydrogen-bond acceptors (Lipinski definition) is 4. The second-order valence-corrected chi connectivity index (χ2v) is 5.56. The molecule has 4 heteroatoms. The fraction of sp³-hybridized carbons (Fsp3) is 0.579. The minimum atomic E-state index is -0.339. The lowest BCUT2D eigenvalue weighted by Crippen LogP contribution is -2.13. The summed E-state index contributed by atoms with van der Waals surface area (Å²) in [7, 11) is 1.54. The van der Waals surface area contributed by atoms with Gasteiger partial charge in [-0.15, -0.1) is 0 Å². The molecule has 0 saturated heterocycles. The number of Topliss-reactive ketones (excluding diaryl/α,β-unsaturated/α-hetero) is 1. The van der Waals surface area contributed by atoms with Gasteiger partial charge in [-0.3, -0.25) is 9.59 Å². The molecule has 0 unspecified atom stereocenters. The van der Waals surface area contributed by atoms with Gasteiger partial charge in [0.25, 0.3) is 0 Å². The van der Waals surface area contributed by atoms with Crippen molar-refractivity contribution in [2.45, 2.75) is 58.8 Å². The molecular formula is C19H28O4. The van der Waals surface area contributed by atoms with Crippen molar-refractivity contribution in [3.63, 3.8) is 0 Å². The number of carbonyl (C=O) groups is 2. The lowest BCUT2D eigenvalue weighted by Gasteiger charge is -2.13. The van der Waals surface area contributed by atoms with Crippen molar-refractivity contribution in [2.75, 3.05) is 13.7 Å². The van der Waals surface area contributed by atoms with Crippen LogP contribution in [0.5, 0.6) is 5.75 Å². The van der Waals surface area contributed by atoms with Gasteiger partial charge in [-0.25, -0.2) is 0 Å². The van der Waals surface area contributed by atoms with E-state index in [1.165, 1.54) is 12.8 Å². The Morgan fingerprint density at radius 2 is 1.78 bits per heavy atom. The minimum Gasteiger partial charge on any atom is -0.496 e. The Balaban J connectivity index is 2.79. The molecule has 4 nitrogen and oxygen atoms in total. The fourth-order valence-electron chi connectivity index (χ4n) is 2.58. The number of ether oxygens (including phenoxy) is 2. The summed E-state index contributed by atoms with van der Waals surface area (Å²) in [6.45, 7) is 4.26.